The average Bonchev–Trinajstić information content (AvgIpc) is 4.28. The highest BCUT2D eigenvalue weighted by Crippen LogP contribution is 2.55. The molecule has 408 valence electrons. The molecule has 1 amide bonds. The number of carboxylic acid groups (broad SMARTS) is 1. The minimum atomic E-state index is -2.12. The van der Waals surface area contributed by atoms with Crippen LogP contribution in [0.1, 0.15) is 99.2 Å². The monoisotopic (exact) mass is 1060 g/mol. The second-order valence-electron chi connectivity index (χ2n) is 20.7. The van der Waals surface area contributed by atoms with Gasteiger partial charge >= 0.3 is 11.8 Å². The Kier molecular flexibility index (Phi) is 15.3. The van der Waals surface area contributed by atoms with E-state index in [0.717, 1.165) is 25.2 Å². The number of rotatable bonds is 7. The lowest BCUT2D eigenvalue weighted by Crippen LogP contribution is -2.50. The third kappa shape index (κ3) is 9.57. The van der Waals surface area contributed by atoms with Crippen LogP contribution in [0.2, 0.25) is 0 Å². The summed E-state index contributed by atoms with van der Waals surface area (Å²) >= 11 is 0. The highest BCUT2D eigenvalue weighted by atomic mass is 19.1. The number of nitrogens with zero attached hydrogens (tertiary/aromatic N) is 4. The number of aliphatic hydroxyl groups excluding tert-OH is 3. The number of allylic oxidation sites excluding steroid dienone is 2. The number of phenolic OH excluding ortho intramolecular Hbond substituents is 3. The van der Waals surface area contributed by atoms with Gasteiger partial charge < -0.3 is 69.5 Å². The number of ether oxygens (including phenoxy) is 4. The zero-order valence-electron chi connectivity index (χ0n) is 44.0. The van der Waals surface area contributed by atoms with Crippen LogP contribution in [0.25, 0.3) is 21.7 Å². The summed E-state index contributed by atoms with van der Waals surface area (Å²) in [6.07, 6.45) is 6.92. The van der Waals surface area contributed by atoms with Crippen molar-refractivity contribution in [3.8, 4) is 28.7 Å². The largest absolute Gasteiger partial charge is 0.507 e. The summed E-state index contributed by atoms with van der Waals surface area (Å²) in [5, 5.41) is 88.5. The van der Waals surface area contributed by atoms with E-state index in [4.69, 9.17) is 24.0 Å². The number of aromatic hydroxyl groups is 3. The zero-order chi connectivity index (χ0) is 55.6. The van der Waals surface area contributed by atoms with Crippen LogP contribution in [0, 0.1) is 36.4 Å². The Bertz CT molecular complexity index is 3200. The number of pyridine rings is 1. The third-order valence-corrected chi connectivity index (χ3v) is 15.6. The number of carbonyl (C=O) groups is 3. The first kappa shape index (κ1) is 55.0. The number of nitrogens with one attached hydrogen (secondary N) is 1. The number of anilines is 2. The van der Waals surface area contributed by atoms with E-state index in [2.05, 4.69) is 5.32 Å². The number of amides is 1. The van der Waals surface area contributed by atoms with Gasteiger partial charge in [0, 0.05) is 79.6 Å². The number of halogens is 1. The SMILES string of the molecule is COc1c(N2CCN(/N=C/c3c4c(O)c5c(O)c(C)c6c(c5c3O)C(=O)[C@@](C)(O/C=C/[C@H](OC)[C@H](C)[C@@H](O)[C@H](C)[C@@H](O)[C@H](C)[C@@H](O)[C@H](C)/C=C/C=C(/C)C(=O)N4)O6)C(C)C2)c(F)cc2c(=O)c(C(=O)O)cn(C3CC3)c12. The summed E-state index contributed by atoms with van der Waals surface area (Å²) < 4.78 is 41.6. The first-order valence-corrected chi connectivity index (χ1v) is 25.2. The molecule has 2 fully saturated rings. The van der Waals surface area contributed by atoms with Gasteiger partial charge in [0.05, 0.1) is 89.7 Å². The second kappa shape index (κ2) is 21.1. The van der Waals surface area contributed by atoms with Gasteiger partial charge in [-0.2, -0.15) is 5.10 Å². The van der Waals surface area contributed by atoms with Crippen LogP contribution in [-0.4, -0.2) is 139 Å². The first-order valence-electron chi connectivity index (χ1n) is 25.2. The minimum Gasteiger partial charge on any atom is -0.507 e. The van der Waals surface area contributed by atoms with Crippen molar-refractivity contribution in [3.63, 3.8) is 0 Å². The number of hydrazone groups is 1. The van der Waals surface area contributed by atoms with Crippen LogP contribution in [0.4, 0.5) is 15.8 Å². The van der Waals surface area contributed by atoms with Crippen LogP contribution >= 0.6 is 0 Å². The summed E-state index contributed by atoms with van der Waals surface area (Å²) in [5.74, 6) is -10.8. The molecule has 1 saturated heterocycles. The van der Waals surface area contributed by atoms with E-state index in [1.807, 2.05) is 0 Å². The van der Waals surface area contributed by atoms with E-state index in [9.17, 15) is 54.9 Å². The van der Waals surface area contributed by atoms with Crippen LogP contribution < -0.4 is 25.1 Å². The van der Waals surface area contributed by atoms with Crippen LogP contribution in [0.5, 0.6) is 28.7 Å². The molecule has 3 aromatic carbocycles. The predicted molar refractivity (Wildman–Crippen MR) is 280 cm³/mol. The van der Waals surface area contributed by atoms with Crippen molar-refractivity contribution in [2.24, 2.45) is 28.8 Å². The van der Waals surface area contributed by atoms with Gasteiger partial charge in [0.1, 0.15) is 28.5 Å². The lowest BCUT2D eigenvalue weighted by atomic mass is 9.78. The van der Waals surface area contributed by atoms with Crippen molar-refractivity contribution in [2.75, 3.05) is 44.1 Å². The molecule has 9 rings (SSSR count). The van der Waals surface area contributed by atoms with Gasteiger partial charge in [-0.25, -0.2) is 9.18 Å². The maximum absolute atomic E-state index is 16.4. The molecule has 21 heteroatoms. The fourth-order valence-corrected chi connectivity index (χ4v) is 10.7. The molecule has 20 nitrogen and oxygen atoms in total. The molecular weight excluding hydrogens is 990 g/mol. The number of ketones is 1. The molecular formula is C55H66FN5O15. The molecule has 1 unspecified atom stereocenters. The van der Waals surface area contributed by atoms with E-state index in [1.165, 1.54) is 59.6 Å². The Morgan fingerprint density at radius 3 is 2.22 bits per heavy atom. The number of benzene rings is 3. The average molecular weight is 1060 g/mol. The molecule has 5 heterocycles. The molecule has 76 heavy (non-hydrogen) atoms. The molecule has 4 aromatic rings. The Balaban J connectivity index is 1.21. The predicted octanol–water partition coefficient (Wildman–Crippen LogP) is 6.22. The van der Waals surface area contributed by atoms with Gasteiger partial charge in [0.15, 0.2) is 17.3 Å². The highest BCUT2D eigenvalue weighted by Gasteiger charge is 2.50. The van der Waals surface area contributed by atoms with Gasteiger partial charge in [-0.1, -0.05) is 45.9 Å². The van der Waals surface area contributed by atoms with Gasteiger partial charge in [0.2, 0.25) is 5.43 Å². The van der Waals surface area contributed by atoms with Gasteiger partial charge in [0.25, 0.3) is 11.7 Å². The Hall–Kier alpha value is -7.20. The second-order valence-corrected chi connectivity index (χ2v) is 20.7. The van der Waals surface area contributed by atoms with E-state index in [1.54, 1.807) is 61.2 Å². The van der Waals surface area contributed by atoms with Gasteiger partial charge in [-0.3, -0.25) is 19.4 Å². The number of phenols is 3. The number of fused-ring (bicyclic) bond motifs is 15. The molecule has 0 radical (unpaired) electrons. The molecule has 5 aliphatic rings. The van der Waals surface area contributed by atoms with Crippen molar-refractivity contribution in [1.82, 2.24) is 9.58 Å². The molecule has 10 atom stereocenters. The van der Waals surface area contributed by atoms with Gasteiger partial charge in [-0.05, 0) is 45.8 Å². The smallest absolute Gasteiger partial charge is 0.341 e. The van der Waals surface area contributed by atoms with E-state index in [0.29, 0.717) is 0 Å². The lowest BCUT2D eigenvalue weighted by Gasteiger charge is -2.40. The third-order valence-electron chi connectivity index (χ3n) is 15.6. The number of aromatic carboxylic acids is 1. The standard InChI is InChI=1S/C55H66FN5O15/c1-24-12-11-13-25(2)53(70)58-40-33(21-57-61-18-17-59(22-26(61)3)42-35(56)20-32-41(51(42)74-10)60(31-14-15-31)23-34(47(32)66)54(71)72)48(67)37-38(49(40)68)46(65)30(7)50-39(37)52(69)55(8,76-50)75-19-16-36(73-9)27(4)44(63)29(6)45(64)28(5)43(24)62/h11-13,16,19-21,23-24,26-29,31,36,43-45,62-65,67-68H,14-15,17-18,22H2,1-10H3,(H,58,70)(H,71,72)/b12-11+,19-16+,25-13-,57-21+/t24-,26?,27+,28-,29+,36+,43+,44-,45+,55+/m1/s1. The summed E-state index contributed by atoms with van der Waals surface area (Å²) in [6, 6.07) is 0.409. The van der Waals surface area contributed by atoms with Crippen molar-refractivity contribution in [3.05, 3.63) is 86.7 Å². The Morgan fingerprint density at radius 2 is 1.59 bits per heavy atom. The fraction of sp³-hybridized carbons (Fsp3) is 0.473. The Morgan fingerprint density at radius 1 is 0.921 bits per heavy atom. The number of carbonyl (C=O) groups excluding carboxylic acids is 2. The van der Waals surface area contributed by atoms with Crippen LogP contribution in [0.15, 0.2) is 58.3 Å². The van der Waals surface area contributed by atoms with E-state index >= 15 is 4.39 Å². The number of methoxy groups -OCH3 is 2. The van der Waals surface area contributed by atoms with E-state index in [-0.39, 0.29) is 81.4 Å². The number of piperazine rings is 1. The van der Waals surface area contributed by atoms with Crippen molar-refractivity contribution >= 4 is 56.9 Å². The van der Waals surface area contributed by atoms with E-state index < -0.39 is 123 Å². The maximum atomic E-state index is 16.4. The lowest BCUT2D eigenvalue weighted by molar-refractivity contribution is -0.112. The number of aliphatic hydroxyl groups is 3. The molecule has 1 aliphatic carbocycles. The molecule has 1 saturated carbocycles. The Labute approximate surface area is 437 Å². The summed E-state index contributed by atoms with van der Waals surface area (Å²) in [6.45, 7) is 13.2. The number of Topliss-reactive ketones (excluding diaryl/α,β-unsaturated/α-hetero) is 1. The normalized spacial score (nSPS) is 29.3. The van der Waals surface area contributed by atoms with Crippen LogP contribution in [-0.2, 0) is 14.3 Å². The summed E-state index contributed by atoms with van der Waals surface area (Å²) in [5.41, 5.74) is -1.86. The number of hydrogen-bond donors (Lipinski definition) is 8. The quantitative estimate of drug-likeness (QED) is 0.0579. The maximum Gasteiger partial charge on any atom is 0.341 e. The van der Waals surface area contributed by atoms with Gasteiger partial charge in [-0.15, -0.1) is 0 Å². The summed E-state index contributed by atoms with van der Waals surface area (Å²) in [7, 11) is 2.75. The number of aromatic nitrogens is 1. The minimum absolute atomic E-state index is 0.0103. The first-order chi connectivity index (χ1) is 35.9. The van der Waals surface area contributed by atoms with Crippen molar-refractivity contribution < 1.29 is 73.5 Å². The highest BCUT2D eigenvalue weighted by molar-refractivity contribution is 6.24. The molecule has 0 spiro atoms. The fourth-order valence-electron chi connectivity index (χ4n) is 10.7. The number of hydrogen-bond acceptors (Lipinski definition) is 17. The van der Waals surface area contributed by atoms with Crippen molar-refractivity contribution in [1.29, 1.82) is 0 Å². The number of carboxylic acids is 1. The zero-order valence-corrected chi connectivity index (χ0v) is 44.0. The molecule has 4 aliphatic heterocycles. The topological polar surface area (TPSA) is 283 Å². The van der Waals surface area contributed by atoms with Crippen LogP contribution in [0.3, 0.4) is 0 Å². The molecule has 8 N–H and O–H groups in total. The molecule has 5 bridgehead atoms. The molecule has 1 aromatic heterocycles. The van der Waals surface area contributed by atoms with Crippen molar-refractivity contribution in [2.45, 2.75) is 111 Å². The summed E-state index contributed by atoms with van der Waals surface area (Å²) in [4.78, 5) is 55.8.